The van der Waals surface area contributed by atoms with Gasteiger partial charge in [0.25, 0.3) is 0 Å². The molecule has 27 heavy (non-hydrogen) atoms. The highest BCUT2D eigenvalue weighted by molar-refractivity contribution is 7.90. The van der Waals surface area contributed by atoms with Gasteiger partial charge in [-0.3, -0.25) is 0 Å². The molecule has 3 rings (SSSR count). The molecule has 0 aliphatic heterocycles. The lowest BCUT2D eigenvalue weighted by Crippen LogP contribution is -1.96. The number of oxazole rings is 1. The van der Waals surface area contributed by atoms with Crippen molar-refractivity contribution < 1.29 is 22.0 Å². The molecular weight excluding hydrogens is 369 g/mol. The number of hydrogen-bond acceptors (Lipinski definition) is 5. The fourth-order valence-corrected chi connectivity index (χ4v) is 3.28. The van der Waals surface area contributed by atoms with Crippen molar-refractivity contribution >= 4 is 16.1 Å². The summed E-state index contributed by atoms with van der Waals surface area (Å²) in [6, 6.07) is 12.1. The summed E-state index contributed by atoms with van der Waals surface area (Å²) in [4.78, 5) is 15.5. The van der Waals surface area contributed by atoms with Crippen molar-refractivity contribution in [2.75, 3.05) is 6.26 Å². The van der Waals surface area contributed by atoms with E-state index in [1.165, 1.54) is 24.3 Å². The number of carbonyl (C=O) groups excluding carboxylic acids is 1. The van der Waals surface area contributed by atoms with Gasteiger partial charge in [0.2, 0.25) is 0 Å². The van der Waals surface area contributed by atoms with Crippen LogP contribution in [0.25, 0.3) is 22.6 Å². The van der Waals surface area contributed by atoms with Crippen LogP contribution in [0.1, 0.15) is 25.2 Å². The third kappa shape index (κ3) is 4.14. The van der Waals surface area contributed by atoms with Gasteiger partial charge in [-0.05, 0) is 36.4 Å². The molecule has 0 N–H and O–H groups in total. The van der Waals surface area contributed by atoms with Gasteiger partial charge in [0.1, 0.15) is 17.8 Å². The standard InChI is InChI=1S/C20H18FNO4S/c1-13(11-12-23)20-22-18(14-5-9-17(10-6-14)27(2,24)25)19(26-20)15-3-7-16(21)8-4-15/h3-10,12-13H,11H2,1-2H3. The largest absolute Gasteiger partial charge is 0.440 e. The topological polar surface area (TPSA) is 77.2 Å². The molecule has 5 nitrogen and oxygen atoms in total. The Balaban J connectivity index is 2.12. The lowest BCUT2D eigenvalue weighted by molar-refractivity contribution is -0.108. The lowest BCUT2D eigenvalue weighted by atomic mass is 10.1. The average molecular weight is 387 g/mol. The highest BCUT2D eigenvalue weighted by atomic mass is 32.2. The molecule has 0 fully saturated rings. The van der Waals surface area contributed by atoms with E-state index in [-0.39, 0.29) is 23.1 Å². The number of benzene rings is 2. The number of carbonyl (C=O) groups is 1. The maximum absolute atomic E-state index is 13.3. The van der Waals surface area contributed by atoms with Crippen LogP contribution in [0.5, 0.6) is 0 Å². The second kappa shape index (κ2) is 7.44. The third-order valence-corrected chi connectivity index (χ3v) is 5.31. The Hall–Kier alpha value is -2.80. The van der Waals surface area contributed by atoms with Crippen LogP contribution >= 0.6 is 0 Å². The summed E-state index contributed by atoms with van der Waals surface area (Å²) in [7, 11) is -3.31. The van der Waals surface area contributed by atoms with E-state index in [9.17, 15) is 17.6 Å². The van der Waals surface area contributed by atoms with Gasteiger partial charge in [-0.1, -0.05) is 19.1 Å². The van der Waals surface area contributed by atoms with Crippen molar-refractivity contribution in [1.29, 1.82) is 0 Å². The molecule has 1 atom stereocenters. The first-order valence-electron chi connectivity index (χ1n) is 8.30. The Kier molecular flexibility index (Phi) is 5.23. The zero-order valence-corrected chi connectivity index (χ0v) is 15.7. The van der Waals surface area contributed by atoms with Gasteiger partial charge >= 0.3 is 0 Å². The maximum atomic E-state index is 13.3. The monoisotopic (exact) mass is 387 g/mol. The summed E-state index contributed by atoms with van der Waals surface area (Å²) < 4.78 is 42.5. The van der Waals surface area contributed by atoms with E-state index in [1.807, 2.05) is 6.92 Å². The first-order valence-corrected chi connectivity index (χ1v) is 10.2. The molecule has 140 valence electrons. The highest BCUT2D eigenvalue weighted by Gasteiger charge is 2.21. The van der Waals surface area contributed by atoms with Crippen molar-refractivity contribution in [3.8, 4) is 22.6 Å². The van der Waals surface area contributed by atoms with E-state index in [2.05, 4.69) is 4.98 Å². The summed E-state index contributed by atoms with van der Waals surface area (Å²) in [5, 5.41) is 0. The Morgan fingerprint density at radius 3 is 2.22 bits per heavy atom. The summed E-state index contributed by atoms with van der Waals surface area (Å²) in [6.07, 6.45) is 2.20. The summed E-state index contributed by atoms with van der Waals surface area (Å²) in [6.45, 7) is 1.82. The van der Waals surface area contributed by atoms with Crippen molar-refractivity contribution in [2.24, 2.45) is 0 Å². The molecule has 3 aromatic rings. The fourth-order valence-electron chi connectivity index (χ4n) is 2.65. The molecule has 1 heterocycles. The molecule has 2 aromatic carbocycles. The van der Waals surface area contributed by atoms with Crippen LogP contribution in [-0.2, 0) is 14.6 Å². The number of halogens is 1. The van der Waals surface area contributed by atoms with Gasteiger partial charge < -0.3 is 9.21 Å². The molecule has 0 spiro atoms. The number of rotatable bonds is 6. The quantitative estimate of drug-likeness (QED) is 0.591. The minimum Gasteiger partial charge on any atom is -0.440 e. The predicted molar refractivity (Wildman–Crippen MR) is 99.5 cm³/mol. The van der Waals surface area contributed by atoms with Gasteiger partial charge in [0.15, 0.2) is 21.5 Å². The first-order chi connectivity index (χ1) is 12.8. The molecule has 0 aliphatic carbocycles. The number of aromatic nitrogens is 1. The zero-order chi connectivity index (χ0) is 19.6. The number of aldehydes is 1. The summed E-state index contributed by atoms with van der Waals surface area (Å²) in [5.41, 5.74) is 1.81. The Morgan fingerprint density at radius 1 is 1.07 bits per heavy atom. The first kappa shape index (κ1) is 19.0. The van der Waals surface area contributed by atoms with E-state index in [4.69, 9.17) is 4.42 Å². The number of sulfone groups is 1. The molecule has 0 radical (unpaired) electrons. The normalized spacial score (nSPS) is 12.7. The second-order valence-corrected chi connectivity index (χ2v) is 8.35. The number of nitrogens with zero attached hydrogens (tertiary/aromatic N) is 1. The van der Waals surface area contributed by atoms with E-state index in [0.717, 1.165) is 12.5 Å². The van der Waals surface area contributed by atoms with Crippen molar-refractivity contribution in [3.05, 3.63) is 60.2 Å². The van der Waals surface area contributed by atoms with Crippen LogP contribution in [0.3, 0.4) is 0 Å². The van der Waals surface area contributed by atoms with Crippen LogP contribution < -0.4 is 0 Å². The van der Waals surface area contributed by atoms with E-state index in [0.29, 0.717) is 28.5 Å². The molecule has 0 bridgehead atoms. The second-order valence-electron chi connectivity index (χ2n) is 6.34. The Morgan fingerprint density at radius 2 is 1.67 bits per heavy atom. The molecule has 1 aromatic heterocycles. The van der Waals surface area contributed by atoms with Gasteiger partial charge in [0.05, 0.1) is 4.90 Å². The molecular formula is C20H18FNO4S. The van der Waals surface area contributed by atoms with E-state index in [1.54, 1.807) is 24.3 Å². The zero-order valence-electron chi connectivity index (χ0n) is 14.8. The molecule has 0 amide bonds. The molecule has 1 unspecified atom stereocenters. The van der Waals surface area contributed by atoms with Crippen molar-refractivity contribution in [3.63, 3.8) is 0 Å². The van der Waals surface area contributed by atoms with E-state index < -0.39 is 9.84 Å². The molecule has 0 aliphatic rings. The summed E-state index contributed by atoms with van der Waals surface area (Å²) >= 11 is 0. The summed E-state index contributed by atoms with van der Waals surface area (Å²) in [5.74, 6) is 0.246. The average Bonchev–Trinajstić information content (AvgIpc) is 3.07. The molecule has 7 heteroatoms. The van der Waals surface area contributed by atoms with Crippen LogP contribution in [0.4, 0.5) is 4.39 Å². The van der Waals surface area contributed by atoms with Gasteiger partial charge in [-0.15, -0.1) is 0 Å². The minimum atomic E-state index is -3.31. The van der Waals surface area contributed by atoms with Crippen molar-refractivity contribution in [1.82, 2.24) is 4.98 Å². The minimum absolute atomic E-state index is 0.202. The van der Waals surface area contributed by atoms with Gasteiger partial charge in [-0.2, -0.15) is 0 Å². The molecule has 0 saturated carbocycles. The van der Waals surface area contributed by atoms with Crippen LogP contribution in [0, 0.1) is 5.82 Å². The SMILES string of the molecule is CC(CC=O)c1nc(-c2ccc(S(C)(=O)=O)cc2)c(-c2ccc(F)cc2)o1. The van der Waals surface area contributed by atoms with E-state index >= 15 is 0 Å². The predicted octanol–water partition coefficient (Wildman–Crippen LogP) is 4.24. The van der Waals surface area contributed by atoms with Gasteiger partial charge in [-0.25, -0.2) is 17.8 Å². The van der Waals surface area contributed by atoms with Crippen molar-refractivity contribution in [2.45, 2.75) is 24.2 Å². The van der Waals surface area contributed by atoms with Crippen LogP contribution in [-0.4, -0.2) is 25.9 Å². The van der Waals surface area contributed by atoms with Gasteiger partial charge in [0, 0.05) is 29.7 Å². The highest BCUT2D eigenvalue weighted by Crippen LogP contribution is 2.35. The maximum Gasteiger partial charge on any atom is 0.198 e. The number of hydrogen-bond donors (Lipinski definition) is 0. The fraction of sp³-hybridized carbons (Fsp3) is 0.200. The lowest BCUT2D eigenvalue weighted by Gasteiger charge is -2.03. The Labute approximate surface area is 156 Å². The smallest absolute Gasteiger partial charge is 0.198 e. The third-order valence-electron chi connectivity index (χ3n) is 4.18. The molecule has 0 saturated heterocycles. The van der Waals surface area contributed by atoms with Crippen LogP contribution in [0.2, 0.25) is 0 Å². The van der Waals surface area contributed by atoms with Crippen LogP contribution in [0.15, 0.2) is 57.8 Å². The Bertz CT molecular complexity index is 1050.